The van der Waals surface area contributed by atoms with Crippen LogP contribution >= 0.6 is 22.7 Å². The molecule has 0 saturated heterocycles. The van der Waals surface area contributed by atoms with Gasteiger partial charge in [-0.2, -0.15) is 0 Å². The number of hydrogen-bond donors (Lipinski definition) is 3. The monoisotopic (exact) mass is 1470 g/mol. The van der Waals surface area contributed by atoms with Gasteiger partial charge in [-0.3, -0.25) is 5.32 Å². The molecule has 2 aliphatic rings. The number of fused-ring (bicyclic) bond motifs is 12. The molecule has 2 aliphatic heterocycles. The minimum atomic E-state index is -0.396. The van der Waals surface area contributed by atoms with Crippen molar-refractivity contribution in [1.29, 1.82) is 0 Å². The zero-order chi connectivity index (χ0) is 73.7. The predicted octanol–water partition coefficient (Wildman–Crippen LogP) is 25.8. The minimum Gasteiger partial charge on any atom is -0.350 e. The first-order valence-electron chi connectivity index (χ1n) is 38.1. The van der Waals surface area contributed by atoms with Crippen LogP contribution in [0.2, 0.25) is 0 Å². The molecule has 0 bridgehead atoms. The molecule has 3 unspecified atom stereocenters. The Kier molecular flexibility index (Phi) is 15.8. The van der Waals surface area contributed by atoms with Gasteiger partial charge < -0.3 is 19.8 Å². The number of nitrogens with one attached hydrogen (secondary N) is 3. The number of para-hydroxylation sites is 1. The molecule has 4 aromatic heterocycles. The molecule has 8 nitrogen and oxygen atoms in total. The van der Waals surface area contributed by atoms with Crippen molar-refractivity contribution < 1.29 is 0 Å². The van der Waals surface area contributed by atoms with E-state index < -0.39 is 6.17 Å². The molecule has 0 amide bonds. The normalized spacial score (nSPS) is 15.1. The average molecular weight is 1470 g/mol. The summed E-state index contributed by atoms with van der Waals surface area (Å²) >= 11 is 3.66. The lowest BCUT2D eigenvalue weighted by atomic mass is 9.95. The number of benzene rings is 16. The summed E-state index contributed by atoms with van der Waals surface area (Å²) in [4.78, 5) is 16.0. The van der Waals surface area contributed by atoms with Crippen molar-refractivity contribution in [3.63, 3.8) is 0 Å². The van der Waals surface area contributed by atoms with E-state index in [1.54, 1.807) is 0 Å². The van der Waals surface area contributed by atoms with Crippen LogP contribution in [0.15, 0.2) is 391 Å². The second-order valence-corrected chi connectivity index (χ2v) is 31.3. The van der Waals surface area contributed by atoms with Crippen molar-refractivity contribution in [3.8, 4) is 67.0 Å². The Morgan fingerprint density at radius 3 is 1.31 bits per heavy atom. The van der Waals surface area contributed by atoms with Gasteiger partial charge in [-0.05, 0) is 163 Å². The highest BCUT2D eigenvalue weighted by Crippen LogP contribution is 2.45. The van der Waals surface area contributed by atoms with Gasteiger partial charge in [0.15, 0.2) is 5.84 Å². The van der Waals surface area contributed by atoms with Crippen LogP contribution in [0.5, 0.6) is 0 Å². The Morgan fingerprint density at radius 2 is 0.679 bits per heavy atom. The van der Waals surface area contributed by atoms with E-state index in [-0.39, 0.29) is 12.3 Å². The largest absolute Gasteiger partial charge is 0.350 e. The Hall–Kier alpha value is -13.9. The van der Waals surface area contributed by atoms with E-state index in [4.69, 9.17) is 15.0 Å². The Labute approximate surface area is 654 Å². The smallest absolute Gasteiger partial charge is 0.159 e. The second-order valence-electron chi connectivity index (χ2n) is 29.1. The zero-order valence-corrected chi connectivity index (χ0v) is 62.2. The van der Waals surface area contributed by atoms with E-state index >= 15 is 0 Å². The summed E-state index contributed by atoms with van der Waals surface area (Å²) in [6, 6.07) is 137. The third-order valence-corrected chi connectivity index (χ3v) is 24.7. The minimum absolute atomic E-state index is 0.228. The zero-order valence-electron chi connectivity index (χ0n) is 60.6. The highest BCUT2D eigenvalue weighted by molar-refractivity contribution is 7.26. The van der Waals surface area contributed by atoms with E-state index in [2.05, 4.69) is 389 Å². The van der Waals surface area contributed by atoms with Crippen LogP contribution < -0.4 is 16.0 Å². The molecular formula is C102H68N8S2. The summed E-state index contributed by atoms with van der Waals surface area (Å²) in [5.41, 5.74) is 24.9. The van der Waals surface area contributed by atoms with Crippen molar-refractivity contribution in [1.82, 2.24) is 25.1 Å². The molecule has 6 heterocycles. The number of aromatic nitrogens is 2. The third kappa shape index (κ3) is 11.5. The van der Waals surface area contributed by atoms with Crippen molar-refractivity contribution in [2.24, 2.45) is 15.0 Å². The molecule has 3 atom stereocenters. The molecule has 0 fully saturated rings. The van der Waals surface area contributed by atoms with Gasteiger partial charge in [-0.1, -0.05) is 285 Å². The first kappa shape index (κ1) is 65.2. The molecule has 16 aromatic carbocycles. The first-order valence-corrected chi connectivity index (χ1v) is 39.7. The standard InChI is InChI=1S/C102H68N8S2/c1-6-21-63(22-7-1)70-43-52-90-86(56-70)80-34-18-19-36-89(80)109(90)77-46-37-65(38-47-77)72-39-48-81-83-51-42-76(62-96(83)111-93(81)59-72)101-106-99(68-29-14-5-15-30-68)107-102(108-101)85-35-17-16-33-79(85)74-45-54-92-88(58-74)87-57-71(64-23-8-2-9-24-64)44-53-91(87)110(92)78-32-20-31-69(55-78)73-40-49-82-84-50-41-75(61-95(84)112-94(82)60-73)100-104-97(66-25-10-3-11-26-66)103-98(105-100)67-27-12-4-13-28-67/h1-62,97,99,102,107H,(H,106,108)(H,103,104,105). The lowest BCUT2D eigenvalue weighted by molar-refractivity contribution is 0.409. The van der Waals surface area contributed by atoms with Crippen LogP contribution in [0.4, 0.5) is 0 Å². The van der Waals surface area contributed by atoms with E-state index in [1.165, 1.54) is 106 Å². The molecule has 528 valence electrons. The van der Waals surface area contributed by atoms with Gasteiger partial charge in [0, 0.05) is 90.0 Å². The van der Waals surface area contributed by atoms with Crippen molar-refractivity contribution in [2.75, 3.05) is 0 Å². The first-order chi connectivity index (χ1) is 55.4. The number of amidine groups is 3. The van der Waals surface area contributed by atoms with Gasteiger partial charge in [0.05, 0.1) is 22.1 Å². The summed E-state index contributed by atoms with van der Waals surface area (Å²) in [6.45, 7) is 0. The molecule has 112 heavy (non-hydrogen) atoms. The summed E-state index contributed by atoms with van der Waals surface area (Å²) < 4.78 is 9.74. The molecule has 20 aromatic rings. The highest BCUT2D eigenvalue weighted by Gasteiger charge is 2.29. The van der Waals surface area contributed by atoms with Crippen LogP contribution in [0.25, 0.3) is 151 Å². The Balaban J connectivity index is 0.589. The lowest BCUT2D eigenvalue weighted by Gasteiger charge is -2.33. The van der Waals surface area contributed by atoms with Crippen LogP contribution in [0.1, 0.15) is 51.9 Å². The highest BCUT2D eigenvalue weighted by atomic mass is 32.1. The van der Waals surface area contributed by atoms with Crippen molar-refractivity contribution in [2.45, 2.75) is 18.5 Å². The summed E-state index contributed by atoms with van der Waals surface area (Å²) in [6.07, 6.45) is -0.897. The van der Waals surface area contributed by atoms with E-state index in [1.807, 2.05) is 34.8 Å². The van der Waals surface area contributed by atoms with Crippen LogP contribution in [-0.4, -0.2) is 26.6 Å². The molecule has 0 spiro atoms. The fourth-order valence-electron chi connectivity index (χ4n) is 17.0. The maximum absolute atomic E-state index is 5.66. The fraction of sp³-hybridized carbons (Fsp3) is 0.0294. The Bertz CT molecular complexity index is 7220. The summed E-state index contributed by atoms with van der Waals surface area (Å²) in [7, 11) is 0. The second kappa shape index (κ2) is 27.1. The summed E-state index contributed by atoms with van der Waals surface area (Å²) in [5, 5.41) is 21.3. The number of hydrogen-bond acceptors (Lipinski definition) is 8. The fourth-order valence-corrected chi connectivity index (χ4v) is 19.3. The van der Waals surface area contributed by atoms with Crippen LogP contribution in [0, 0.1) is 0 Å². The number of rotatable bonds is 13. The van der Waals surface area contributed by atoms with E-state index in [0.717, 1.165) is 89.7 Å². The van der Waals surface area contributed by atoms with Gasteiger partial charge in [0.2, 0.25) is 0 Å². The maximum atomic E-state index is 5.66. The molecular weight excluding hydrogens is 1400 g/mol. The quantitative estimate of drug-likeness (QED) is 0.108. The third-order valence-electron chi connectivity index (χ3n) is 22.5. The number of nitrogens with zero attached hydrogens (tertiary/aromatic N) is 5. The number of aliphatic imine (C=N–C) groups is 3. The van der Waals surface area contributed by atoms with E-state index in [0.29, 0.717) is 5.84 Å². The van der Waals surface area contributed by atoms with Crippen LogP contribution in [0.3, 0.4) is 0 Å². The summed E-state index contributed by atoms with van der Waals surface area (Å²) in [5.74, 6) is 2.36. The Morgan fingerprint density at radius 1 is 0.250 bits per heavy atom. The molecule has 3 N–H and O–H groups in total. The average Bonchev–Trinajstić information content (AvgIpc) is 1.59. The van der Waals surface area contributed by atoms with Gasteiger partial charge in [-0.15, -0.1) is 22.7 Å². The molecule has 0 aliphatic carbocycles. The molecule has 22 rings (SSSR count). The molecule has 0 saturated carbocycles. The van der Waals surface area contributed by atoms with Gasteiger partial charge in [0.1, 0.15) is 30.2 Å². The number of thiophene rings is 2. The maximum Gasteiger partial charge on any atom is 0.159 e. The lowest BCUT2D eigenvalue weighted by Crippen LogP contribution is -2.45. The molecule has 10 heteroatoms. The SMILES string of the molecule is c1ccc(C2=NC(c3ccc4c(c3)sc3cc(-c5cccc(-n6c7ccc(-c8ccccc8)cc7c7cc(-c8ccccc8C8N=C(c9ccc%10c(c9)sc9cc(-c%11ccc(-n%12c%13ccccc%13c%13cc(-c%14ccccc%14)ccc%13%12)cc%11)ccc9%10)NC(c9ccccc9)N8)ccc76)c5)ccc34)=NC(c3ccccc3)N2)cc1. The topological polar surface area (TPSA) is 83.0 Å². The van der Waals surface area contributed by atoms with Crippen molar-refractivity contribution >= 4 is 124 Å². The van der Waals surface area contributed by atoms with Gasteiger partial charge in [0.25, 0.3) is 0 Å². The molecule has 0 radical (unpaired) electrons. The van der Waals surface area contributed by atoms with Crippen molar-refractivity contribution in [3.05, 3.63) is 409 Å². The van der Waals surface area contributed by atoms with Gasteiger partial charge in [-0.25, -0.2) is 15.0 Å². The van der Waals surface area contributed by atoms with E-state index in [9.17, 15) is 0 Å². The van der Waals surface area contributed by atoms with Crippen LogP contribution in [-0.2, 0) is 0 Å². The van der Waals surface area contributed by atoms with Gasteiger partial charge >= 0.3 is 0 Å². The predicted molar refractivity (Wildman–Crippen MR) is 471 cm³/mol.